The van der Waals surface area contributed by atoms with Gasteiger partial charge < -0.3 is 10.2 Å². The molecule has 0 spiro atoms. The van der Waals surface area contributed by atoms with Crippen molar-refractivity contribution in [3.63, 3.8) is 0 Å². The Bertz CT molecular complexity index is 416. The minimum Gasteiger partial charge on any atom is -0.343 e. The lowest BCUT2D eigenvalue weighted by Crippen LogP contribution is -2.57. The van der Waals surface area contributed by atoms with Gasteiger partial charge in [-0.1, -0.05) is 0 Å². The summed E-state index contributed by atoms with van der Waals surface area (Å²) in [5.41, 5.74) is 0. The van der Waals surface area contributed by atoms with E-state index in [0.29, 0.717) is 0 Å². The van der Waals surface area contributed by atoms with Crippen LogP contribution in [0.5, 0.6) is 0 Å². The van der Waals surface area contributed by atoms with Gasteiger partial charge in [0.1, 0.15) is 6.04 Å². The van der Waals surface area contributed by atoms with Gasteiger partial charge in [0.25, 0.3) is 0 Å². The van der Waals surface area contributed by atoms with E-state index in [1.165, 1.54) is 4.90 Å². The Balaban J connectivity index is 2.63. The Kier molecular flexibility index (Phi) is 4.13. The molecule has 0 aromatic heterocycles. The number of nitrogens with one attached hydrogen (secondary N) is 1. The van der Waals surface area contributed by atoms with Crippen LogP contribution in [0.2, 0.25) is 0 Å². The molecule has 1 heterocycles. The predicted molar refractivity (Wildman–Crippen MR) is 63.1 cm³/mol. The molecule has 1 fully saturated rings. The van der Waals surface area contributed by atoms with Gasteiger partial charge in [-0.2, -0.15) is 0 Å². The molecule has 1 aliphatic rings. The van der Waals surface area contributed by atoms with E-state index in [1.807, 2.05) is 0 Å². The largest absolute Gasteiger partial charge is 0.343 e. The third kappa shape index (κ3) is 3.42. The monoisotopic (exact) mass is 262 g/mol. The average Bonchev–Trinajstić information content (AvgIpc) is 2.21. The molecule has 98 valence electrons. The molecule has 7 heteroatoms. The van der Waals surface area contributed by atoms with Gasteiger partial charge >= 0.3 is 0 Å². The maximum absolute atomic E-state index is 11.7. The van der Waals surface area contributed by atoms with Crippen molar-refractivity contribution in [2.24, 2.45) is 0 Å². The predicted octanol–water partition coefficient (Wildman–Crippen LogP) is -0.843. The van der Waals surface area contributed by atoms with Gasteiger partial charge in [0.2, 0.25) is 11.8 Å². The highest BCUT2D eigenvalue weighted by Crippen LogP contribution is 2.05. The molecule has 6 nitrogen and oxygen atoms in total. The van der Waals surface area contributed by atoms with Crippen molar-refractivity contribution in [1.82, 2.24) is 10.2 Å². The van der Waals surface area contributed by atoms with Crippen LogP contribution in [-0.4, -0.2) is 55.3 Å². The Morgan fingerprint density at radius 3 is 2.53 bits per heavy atom. The van der Waals surface area contributed by atoms with Crippen LogP contribution in [0, 0.1) is 0 Å². The van der Waals surface area contributed by atoms with Crippen LogP contribution in [0.1, 0.15) is 20.8 Å². The molecule has 1 saturated heterocycles. The first kappa shape index (κ1) is 14.0. The highest BCUT2D eigenvalue weighted by molar-refractivity contribution is 7.92. The zero-order valence-corrected chi connectivity index (χ0v) is 11.1. The molecular weight excluding hydrogens is 244 g/mol. The summed E-state index contributed by atoms with van der Waals surface area (Å²) in [6.07, 6.45) is 0. The molecule has 1 unspecified atom stereocenters. The standard InChI is InChI=1S/C10H18N2O4S/c1-7(2)17(15,16)5-4-12-6-9(13)11-8(3)10(12)14/h7-8H,4-6H2,1-3H3,(H,11,13). The normalized spacial score (nSPS) is 21.9. The van der Waals surface area contributed by atoms with Gasteiger partial charge in [-0.25, -0.2) is 8.42 Å². The highest BCUT2D eigenvalue weighted by Gasteiger charge is 2.30. The first-order chi connectivity index (χ1) is 7.74. The molecule has 0 aromatic carbocycles. The van der Waals surface area contributed by atoms with Crippen molar-refractivity contribution >= 4 is 21.7 Å². The molecule has 0 bridgehead atoms. The lowest BCUT2D eigenvalue weighted by molar-refractivity contribution is -0.143. The Labute approximate surface area is 101 Å². The SMILES string of the molecule is CC1NC(=O)CN(CCS(=O)(=O)C(C)C)C1=O. The van der Waals surface area contributed by atoms with Crippen molar-refractivity contribution < 1.29 is 18.0 Å². The fourth-order valence-corrected chi connectivity index (χ4v) is 2.48. The lowest BCUT2D eigenvalue weighted by atomic mass is 10.2. The number of amides is 2. The maximum Gasteiger partial charge on any atom is 0.245 e. The van der Waals surface area contributed by atoms with E-state index < -0.39 is 21.1 Å². The van der Waals surface area contributed by atoms with E-state index in [9.17, 15) is 18.0 Å². The van der Waals surface area contributed by atoms with E-state index in [1.54, 1.807) is 20.8 Å². The minimum absolute atomic E-state index is 0.0587. The van der Waals surface area contributed by atoms with Gasteiger partial charge in [-0.15, -0.1) is 0 Å². The second-order valence-corrected chi connectivity index (χ2v) is 7.14. The van der Waals surface area contributed by atoms with Crippen LogP contribution < -0.4 is 5.32 Å². The summed E-state index contributed by atoms with van der Waals surface area (Å²) in [7, 11) is -3.18. The number of rotatable bonds is 4. The summed E-state index contributed by atoms with van der Waals surface area (Å²) >= 11 is 0. The summed E-state index contributed by atoms with van der Waals surface area (Å²) < 4.78 is 23.2. The zero-order chi connectivity index (χ0) is 13.2. The minimum atomic E-state index is -3.18. The fourth-order valence-electron chi connectivity index (χ4n) is 1.54. The van der Waals surface area contributed by atoms with Gasteiger partial charge in [0, 0.05) is 6.54 Å². The van der Waals surface area contributed by atoms with Crippen molar-refractivity contribution in [2.75, 3.05) is 18.8 Å². The van der Waals surface area contributed by atoms with E-state index in [2.05, 4.69) is 5.32 Å². The quantitative estimate of drug-likeness (QED) is 0.716. The number of nitrogens with zero attached hydrogens (tertiary/aromatic N) is 1. The van der Waals surface area contributed by atoms with Gasteiger partial charge in [-0.05, 0) is 20.8 Å². The Morgan fingerprint density at radius 2 is 2.00 bits per heavy atom. The second kappa shape index (κ2) is 5.03. The summed E-state index contributed by atoms with van der Waals surface area (Å²) in [5, 5.41) is 2.04. The Hall–Kier alpha value is -1.11. The van der Waals surface area contributed by atoms with Crippen LogP contribution in [0.3, 0.4) is 0 Å². The molecule has 0 aromatic rings. The number of hydrogen-bond donors (Lipinski definition) is 1. The van der Waals surface area contributed by atoms with E-state index in [0.717, 1.165) is 0 Å². The summed E-state index contributed by atoms with van der Waals surface area (Å²) in [5.74, 6) is -0.584. The third-order valence-electron chi connectivity index (χ3n) is 2.76. The highest BCUT2D eigenvalue weighted by atomic mass is 32.2. The molecule has 1 aliphatic heterocycles. The first-order valence-corrected chi connectivity index (χ1v) is 7.25. The lowest BCUT2D eigenvalue weighted by Gasteiger charge is -2.30. The van der Waals surface area contributed by atoms with Crippen LogP contribution >= 0.6 is 0 Å². The molecule has 1 atom stereocenters. The smallest absolute Gasteiger partial charge is 0.245 e. The molecule has 1 N–H and O–H groups in total. The van der Waals surface area contributed by atoms with Crippen LogP contribution in [-0.2, 0) is 19.4 Å². The number of piperazine rings is 1. The maximum atomic E-state index is 11.7. The zero-order valence-electron chi connectivity index (χ0n) is 10.3. The van der Waals surface area contributed by atoms with Gasteiger partial charge in [-0.3, -0.25) is 9.59 Å². The molecule has 17 heavy (non-hydrogen) atoms. The second-order valence-electron chi connectivity index (χ2n) is 4.46. The molecule has 0 aliphatic carbocycles. The number of carbonyl (C=O) groups is 2. The molecule has 1 rings (SSSR count). The van der Waals surface area contributed by atoms with Crippen molar-refractivity contribution in [1.29, 1.82) is 0 Å². The van der Waals surface area contributed by atoms with Crippen molar-refractivity contribution in [2.45, 2.75) is 32.1 Å². The topological polar surface area (TPSA) is 83.6 Å². The summed E-state index contributed by atoms with van der Waals surface area (Å²) in [4.78, 5) is 24.2. The van der Waals surface area contributed by atoms with Gasteiger partial charge in [0.05, 0.1) is 17.5 Å². The van der Waals surface area contributed by atoms with Crippen LogP contribution in [0.15, 0.2) is 0 Å². The molecule has 0 radical (unpaired) electrons. The van der Waals surface area contributed by atoms with E-state index >= 15 is 0 Å². The van der Waals surface area contributed by atoms with Gasteiger partial charge in [0.15, 0.2) is 9.84 Å². The van der Waals surface area contributed by atoms with E-state index in [4.69, 9.17) is 0 Å². The van der Waals surface area contributed by atoms with Crippen LogP contribution in [0.25, 0.3) is 0 Å². The first-order valence-electron chi connectivity index (χ1n) is 5.53. The van der Waals surface area contributed by atoms with Crippen LogP contribution in [0.4, 0.5) is 0 Å². The fraction of sp³-hybridized carbons (Fsp3) is 0.800. The molecule has 0 saturated carbocycles. The summed E-state index contributed by atoms with van der Waals surface area (Å²) in [6, 6.07) is -0.571. The number of hydrogen-bond acceptors (Lipinski definition) is 4. The van der Waals surface area contributed by atoms with Crippen molar-refractivity contribution in [3.8, 4) is 0 Å². The molecule has 2 amide bonds. The average molecular weight is 262 g/mol. The summed E-state index contributed by atoms with van der Waals surface area (Å²) in [6.45, 7) is 4.81. The number of sulfone groups is 1. The molecular formula is C10H18N2O4S. The van der Waals surface area contributed by atoms with Crippen molar-refractivity contribution in [3.05, 3.63) is 0 Å². The third-order valence-corrected chi connectivity index (χ3v) is 4.95. The number of carbonyl (C=O) groups excluding carboxylic acids is 2. The van der Waals surface area contributed by atoms with E-state index in [-0.39, 0.29) is 30.7 Å². The Morgan fingerprint density at radius 1 is 1.41 bits per heavy atom.